The Morgan fingerprint density at radius 3 is 2.57 bits per heavy atom. The predicted octanol–water partition coefficient (Wildman–Crippen LogP) is 4.34. The first-order chi connectivity index (χ1) is 14.2. The molecule has 5 nitrogen and oxygen atoms in total. The van der Waals surface area contributed by atoms with Gasteiger partial charge in [0.2, 0.25) is 0 Å². The normalized spacial score (nSPS) is 15.5. The van der Waals surface area contributed by atoms with Crippen molar-refractivity contribution < 1.29 is 4.74 Å². The quantitative estimate of drug-likeness (QED) is 0.306. The van der Waals surface area contributed by atoms with Gasteiger partial charge in [0.05, 0.1) is 7.11 Å². The molecular weight excluding hydrogens is 507 g/mol. The lowest BCUT2D eigenvalue weighted by Gasteiger charge is -2.33. The molecule has 1 aromatic carbocycles. The number of halogens is 1. The Hall–Kier alpha value is -1.32. The fourth-order valence-electron chi connectivity index (χ4n) is 3.80. The second kappa shape index (κ2) is 13.2. The van der Waals surface area contributed by atoms with Crippen LogP contribution in [0.15, 0.2) is 46.8 Å². The average molecular weight is 543 g/mol. The molecule has 0 aliphatic carbocycles. The van der Waals surface area contributed by atoms with E-state index in [1.54, 1.807) is 7.11 Å². The van der Waals surface area contributed by atoms with Gasteiger partial charge in [-0.3, -0.25) is 9.89 Å². The van der Waals surface area contributed by atoms with Crippen LogP contribution in [-0.4, -0.2) is 63.1 Å². The fraction of sp³-hybridized carbons (Fsp3) is 0.522. The van der Waals surface area contributed by atoms with Crippen molar-refractivity contribution in [3.05, 3.63) is 52.2 Å². The molecule has 0 unspecified atom stereocenters. The second-order valence-corrected chi connectivity index (χ2v) is 8.78. The predicted molar refractivity (Wildman–Crippen MR) is 138 cm³/mol. The summed E-state index contributed by atoms with van der Waals surface area (Å²) in [5, 5.41) is 5.74. The number of likely N-dealkylation sites (N-methyl/N-ethyl adjacent to an activating group) is 1. The molecule has 3 rings (SSSR count). The number of nitrogens with one attached hydrogen (secondary N) is 1. The third-order valence-electron chi connectivity index (χ3n) is 5.67. The molecule has 2 heterocycles. The molecule has 0 atom stereocenters. The van der Waals surface area contributed by atoms with Gasteiger partial charge in [0, 0.05) is 38.6 Å². The standard InChI is InChI=1S/C23H34N4OS.HI/c1-24-23(26(2)13-12-22-5-4-16-29-22)25-17-19-10-14-27(15-11-19)18-20-6-8-21(28-3)9-7-20;/h4-9,16,19H,10-15,17-18H2,1-3H3,(H,24,25);1H. The summed E-state index contributed by atoms with van der Waals surface area (Å²) in [5.41, 5.74) is 1.36. The average Bonchev–Trinajstić information content (AvgIpc) is 3.28. The van der Waals surface area contributed by atoms with Gasteiger partial charge in [0.15, 0.2) is 5.96 Å². The SMILES string of the molecule is CN=C(NCC1CCN(Cc2ccc(OC)cc2)CC1)N(C)CCc1cccs1.I. The van der Waals surface area contributed by atoms with Crippen molar-refractivity contribution in [2.45, 2.75) is 25.8 Å². The minimum atomic E-state index is 0. The molecule has 0 bridgehead atoms. The molecule has 0 saturated carbocycles. The topological polar surface area (TPSA) is 40.1 Å². The molecule has 1 saturated heterocycles. The van der Waals surface area contributed by atoms with Crippen molar-refractivity contribution >= 4 is 41.3 Å². The molecule has 1 aliphatic heterocycles. The third kappa shape index (κ3) is 7.74. The molecule has 0 spiro atoms. The Balaban J connectivity index is 0.00000320. The van der Waals surface area contributed by atoms with Gasteiger partial charge in [-0.25, -0.2) is 0 Å². The molecule has 0 amide bonds. The maximum absolute atomic E-state index is 5.25. The van der Waals surface area contributed by atoms with E-state index in [4.69, 9.17) is 4.74 Å². The van der Waals surface area contributed by atoms with E-state index in [0.717, 1.165) is 50.9 Å². The third-order valence-corrected chi connectivity index (χ3v) is 6.60. The summed E-state index contributed by atoms with van der Waals surface area (Å²) in [5.74, 6) is 2.64. The van der Waals surface area contributed by atoms with Crippen molar-refractivity contribution in [3.8, 4) is 5.75 Å². The van der Waals surface area contributed by atoms with E-state index in [0.29, 0.717) is 5.92 Å². The zero-order valence-corrected chi connectivity index (χ0v) is 21.5. The highest BCUT2D eigenvalue weighted by atomic mass is 127. The Kier molecular flexibility index (Phi) is 11.0. The summed E-state index contributed by atoms with van der Waals surface area (Å²) in [6.07, 6.45) is 3.54. The van der Waals surface area contributed by atoms with Crippen LogP contribution in [0.4, 0.5) is 0 Å². The van der Waals surface area contributed by atoms with Crippen LogP contribution in [0.2, 0.25) is 0 Å². The Morgan fingerprint density at radius 2 is 1.97 bits per heavy atom. The van der Waals surface area contributed by atoms with E-state index >= 15 is 0 Å². The Labute approximate surface area is 202 Å². The smallest absolute Gasteiger partial charge is 0.193 e. The first kappa shape index (κ1) is 24.9. The number of benzene rings is 1. The number of ether oxygens (including phenoxy) is 1. The van der Waals surface area contributed by atoms with E-state index in [1.165, 1.54) is 23.3 Å². The summed E-state index contributed by atoms with van der Waals surface area (Å²) in [6, 6.07) is 12.8. The number of aliphatic imine (C=N–C) groups is 1. The van der Waals surface area contributed by atoms with E-state index in [1.807, 2.05) is 30.5 Å². The van der Waals surface area contributed by atoms with Crippen LogP contribution in [0.1, 0.15) is 23.3 Å². The summed E-state index contributed by atoms with van der Waals surface area (Å²) in [6.45, 7) is 5.33. The van der Waals surface area contributed by atoms with Crippen LogP contribution in [0.3, 0.4) is 0 Å². The van der Waals surface area contributed by atoms with Crippen LogP contribution in [0.5, 0.6) is 5.75 Å². The number of rotatable bonds is 8. The number of thiophene rings is 1. The first-order valence-corrected chi connectivity index (χ1v) is 11.4. The molecule has 1 fully saturated rings. The first-order valence-electron chi connectivity index (χ1n) is 10.5. The fourth-order valence-corrected chi connectivity index (χ4v) is 4.50. The van der Waals surface area contributed by atoms with Crippen LogP contribution < -0.4 is 10.1 Å². The van der Waals surface area contributed by atoms with Gasteiger partial charge in [0.25, 0.3) is 0 Å². The number of guanidine groups is 1. The number of hydrogen-bond donors (Lipinski definition) is 1. The van der Waals surface area contributed by atoms with Crippen LogP contribution in [-0.2, 0) is 13.0 Å². The van der Waals surface area contributed by atoms with Crippen LogP contribution in [0.25, 0.3) is 0 Å². The van der Waals surface area contributed by atoms with Crippen molar-refractivity contribution in [1.29, 1.82) is 0 Å². The molecule has 0 radical (unpaired) electrons. The molecule has 166 valence electrons. The zero-order valence-electron chi connectivity index (χ0n) is 18.3. The maximum atomic E-state index is 5.25. The lowest BCUT2D eigenvalue weighted by Crippen LogP contribution is -2.44. The number of hydrogen-bond acceptors (Lipinski definition) is 4. The summed E-state index contributed by atoms with van der Waals surface area (Å²) in [4.78, 5) is 10.7. The van der Waals surface area contributed by atoms with Crippen molar-refractivity contribution in [3.63, 3.8) is 0 Å². The highest BCUT2D eigenvalue weighted by molar-refractivity contribution is 14.0. The summed E-state index contributed by atoms with van der Waals surface area (Å²) < 4.78 is 5.25. The van der Waals surface area contributed by atoms with Gasteiger partial charge in [-0.2, -0.15) is 0 Å². The minimum Gasteiger partial charge on any atom is -0.497 e. The van der Waals surface area contributed by atoms with E-state index in [2.05, 4.69) is 56.8 Å². The monoisotopic (exact) mass is 542 g/mol. The molecule has 2 aromatic rings. The number of likely N-dealkylation sites (tertiary alicyclic amines) is 1. The zero-order chi connectivity index (χ0) is 20.5. The second-order valence-electron chi connectivity index (χ2n) is 7.75. The van der Waals surface area contributed by atoms with Crippen LogP contribution >= 0.6 is 35.3 Å². The molecule has 7 heteroatoms. The molecule has 1 aromatic heterocycles. The largest absolute Gasteiger partial charge is 0.497 e. The van der Waals surface area contributed by atoms with Gasteiger partial charge in [-0.15, -0.1) is 35.3 Å². The van der Waals surface area contributed by atoms with E-state index in [-0.39, 0.29) is 24.0 Å². The number of nitrogens with zero attached hydrogens (tertiary/aromatic N) is 3. The van der Waals surface area contributed by atoms with Crippen LogP contribution in [0, 0.1) is 5.92 Å². The van der Waals surface area contributed by atoms with Crippen molar-refractivity contribution in [2.24, 2.45) is 10.9 Å². The number of methoxy groups -OCH3 is 1. The van der Waals surface area contributed by atoms with Gasteiger partial charge >= 0.3 is 0 Å². The highest BCUT2D eigenvalue weighted by Gasteiger charge is 2.20. The van der Waals surface area contributed by atoms with E-state index in [9.17, 15) is 0 Å². The van der Waals surface area contributed by atoms with Gasteiger partial charge in [-0.1, -0.05) is 18.2 Å². The minimum absolute atomic E-state index is 0. The van der Waals surface area contributed by atoms with E-state index < -0.39 is 0 Å². The Morgan fingerprint density at radius 1 is 1.23 bits per heavy atom. The number of piperidine rings is 1. The Bertz CT molecular complexity index is 743. The maximum Gasteiger partial charge on any atom is 0.193 e. The summed E-state index contributed by atoms with van der Waals surface area (Å²) in [7, 11) is 5.71. The molecule has 1 N–H and O–H groups in total. The van der Waals surface area contributed by atoms with Gasteiger partial charge in [-0.05, 0) is 67.4 Å². The summed E-state index contributed by atoms with van der Waals surface area (Å²) >= 11 is 1.82. The lowest BCUT2D eigenvalue weighted by atomic mass is 9.96. The van der Waals surface area contributed by atoms with Crippen molar-refractivity contribution in [2.75, 3.05) is 47.4 Å². The molecule has 1 aliphatic rings. The molecular formula is C23H35IN4OS. The van der Waals surface area contributed by atoms with Crippen molar-refractivity contribution in [1.82, 2.24) is 15.1 Å². The van der Waals surface area contributed by atoms with Gasteiger partial charge in [0.1, 0.15) is 5.75 Å². The van der Waals surface area contributed by atoms with Gasteiger partial charge < -0.3 is 15.0 Å². The molecule has 30 heavy (non-hydrogen) atoms. The highest BCUT2D eigenvalue weighted by Crippen LogP contribution is 2.20. The lowest BCUT2D eigenvalue weighted by molar-refractivity contribution is 0.177.